The first kappa shape index (κ1) is 16.3. The molecule has 0 aromatic heterocycles. The number of likely N-dealkylation sites (tertiary alicyclic amines) is 1. The minimum Gasteiger partial charge on any atom is -0.375 e. The monoisotopic (exact) mass is 316 g/mol. The minimum atomic E-state index is 0.0424. The van der Waals surface area contributed by atoms with Crippen LogP contribution in [0.2, 0.25) is 0 Å². The molecular formula is C19H28N2O2. The first-order valence-corrected chi connectivity index (χ1v) is 8.82. The van der Waals surface area contributed by atoms with Gasteiger partial charge in [-0.2, -0.15) is 0 Å². The summed E-state index contributed by atoms with van der Waals surface area (Å²) in [5.74, 6) is 0. The van der Waals surface area contributed by atoms with E-state index in [2.05, 4.69) is 17.4 Å². The first-order chi connectivity index (χ1) is 11.2. The molecule has 1 atom stereocenters. The Hall–Kier alpha value is -1.55. The van der Waals surface area contributed by atoms with Crippen LogP contribution >= 0.6 is 0 Å². The number of amides is 2. The van der Waals surface area contributed by atoms with Crippen molar-refractivity contribution in [1.29, 1.82) is 0 Å². The second-order valence-corrected chi connectivity index (χ2v) is 7.10. The van der Waals surface area contributed by atoms with E-state index in [0.29, 0.717) is 18.6 Å². The molecule has 2 fully saturated rings. The molecule has 23 heavy (non-hydrogen) atoms. The van der Waals surface area contributed by atoms with E-state index in [1.807, 2.05) is 23.1 Å². The van der Waals surface area contributed by atoms with Crippen molar-refractivity contribution in [3.05, 3.63) is 35.9 Å². The Morgan fingerprint density at radius 1 is 1.26 bits per heavy atom. The fourth-order valence-corrected chi connectivity index (χ4v) is 4.25. The van der Waals surface area contributed by atoms with Gasteiger partial charge in [0.25, 0.3) is 0 Å². The summed E-state index contributed by atoms with van der Waals surface area (Å²) in [7, 11) is 1.72. The molecule has 4 nitrogen and oxygen atoms in total. The second-order valence-electron chi connectivity index (χ2n) is 7.10. The van der Waals surface area contributed by atoms with Crippen molar-refractivity contribution in [2.75, 3.05) is 20.2 Å². The van der Waals surface area contributed by atoms with Crippen molar-refractivity contribution >= 4 is 6.03 Å². The lowest BCUT2D eigenvalue weighted by atomic mass is 9.73. The molecule has 2 aliphatic rings. The molecule has 2 amide bonds. The molecule has 1 unspecified atom stereocenters. The van der Waals surface area contributed by atoms with E-state index in [1.165, 1.54) is 37.7 Å². The average molecular weight is 316 g/mol. The van der Waals surface area contributed by atoms with Gasteiger partial charge in [0.2, 0.25) is 0 Å². The number of hydrogen-bond donors (Lipinski definition) is 1. The molecule has 1 aliphatic heterocycles. The van der Waals surface area contributed by atoms with Gasteiger partial charge in [-0.05, 0) is 30.2 Å². The quantitative estimate of drug-likeness (QED) is 0.922. The predicted octanol–water partition coefficient (Wildman–Crippen LogP) is 3.57. The molecule has 126 valence electrons. The average Bonchev–Trinajstić information content (AvgIpc) is 2.94. The minimum absolute atomic E-state index is 0.0424. The summed E-state index contributed by atoms with van der Waals surface area (Å²) in [6.45, 7) is 2.14. The summed E-state index contributed by atoms with van der Waals surface area (Å²) in [5.41, 5.74) is 1.52. The summed E-state index contributed by atoms with van der Waals surface area (Å²) in [6, 6.07) is 10.5. The molecule has 1 heterocycles. The number of hydrogen-bond acceptors (Lipinski definition) is 2. The number of carbonyl (C=O) groups is 1. The Labute approximate surface area is 139 Å². The summed E-state index contributed by atoms with van der Waals surface area (Å²) in [5, 5.41) is 2.80. The van der Waals surface area contributed by atoms with Crippen molar-refractivity contribution in [3.63, 3.8) is 0 Å². The number of benzene rings is 1. The molecule has 1 aromatic carbocycles. The highest BCUT2D eigenvalue weighted by Crippen LogP contribution is 2.46. The summed E-state index contributed by atoms with van der Waals surface area (Å²) < 4.78 is 5.94. The van der Waals surface area contributed by atoms with Crippen LogP contribution in [0.4, 0.5) is 4.79 Å². The summed E-state index contributed by atoms with van der Waals surface area (Å²) in [4.78, 5) is 14.3. The number of carbonyl (C=O) groups excluding carboxylic acids is 1. The molecule has 0 radical (unpaired) electrons. The first-order valence-electron chi connectivity index (χ1n) is 8.82. The van der Waals surface area contributed by atoms with Gasteiger partial charge in [0.05, 0.1) is 19.3 Å². The van der Waals surface area contributed by atoms with Gasteiger partial charge in [0, 0.05) is 13.6 Å². The third kappa shape index (κ3) is 3.86. The smallest absolute Gasteiger partial charge is 0.317 e. The predicted molar refractivity (Wildman–Crippen MR) is 91.2 cm³/mol. The standard InChI is InChI=1S/C19H28N2O2/c1-20-18(22)21-15-19(10-6-3-7-11-19)12-17(21)14-23-13-16-8-4-2-5-9-16/h2,4-5,8-9,17H,3,6-7,10-15H2,1H3,(H,20,22). The maximum atomic E-state index is 12.2. The van der Waals surface area contributed by atoms with Crippen molar-refractivity contribution in [2.45, 2.75) is 51.2 Å². The van der Waals surface area contributed by atoms with E-state index >= 15 is 0 Å². The maximum Gasteiger partial charge on any atom is 0.317 e. The number of ether oxygens (including phenoxy) is 1. The SMILES string of the molecule is CNC(=O)N1CC2(CCCCC2)CC1COCc1ccccc1. The zero-order valence-electron chi connectivity index (χ0n) is 14.1. The molecule has 1 aliphatic carbocycles. The molecule has 1 spiro atoms. The van der Waals surface area contributed by atoms with Gasteiger partial charge >= 0.3 is 6.03 Å². The Morgan fingerprint density at radius 2 is 2.00 bits per heavy atom. The number of nitrogens with one attached hydrogen (secondary N) is 1. The third-order valence-corrected chi connectivity index (χ3v) is 5.43. The fraction of sp³-hybridized carbons (Fsp3) is 0.632. The number of urea groups is 1. The topological polar surface area (TPSA) is 41.6 Å². The van der Waals surface area contributed by atoms with Crippen LogP contribution in [0.15, 0.2) is 30.3 Å². The molecule has 1 N–H and O–H groups in total. The molecule has 4 heteroatoms. The van der Waals surface area contributed by atoms with Crippen LogP contribution in [-0.4, -0.2) is 37.2 Å². The van der Waals surface area contributed by atoms with Crippen LogP contribution in [0.25, 0.3) is 0 Å². The summed E-state index contributed by atoms with van der Waals surface area (Å²) in [6.07, 6.45) is 7.57. The number of rotatable bonds is 4. The Bertz CT molecular complexity index is 511. The Kier molecular flexibility index (Phi) is 5.21. The van der Waals surface area contributed by atoms with E-state index in [9.17, 15) is 4.79 Å². The van der Waals surface area contributed by atoms with Crippen molar-refractivity contribution in [2.24, 2.45) is 5.41 Å². The molecule has 1 aromatic rings. The summed E-state index contributed by atoms with van der Waals surface area (Å²) >= 11 is 0. The zero-order valence-corrected chi connectivity index (χ0v) is 14.1. The lowest BCUT2D eigenvalue weighted by molar-refractivity contribution is 0.0753. The van der Waals surface area contributed by atoms with Crippen molar-refractivity contribution in [3.8, 4) is 0 Å². The van der Waals surface area contributed by atoms with Crippen LogP contribution in [0.5, 0.6) is 0 Å². The van der Waals surface area contributed by atoms with Crippen LogP contribution in [0.1, 0.15) is 44.1 Å². The lowest BCUT2D eigenvalue weighted by Crippen LogP contribution is -2.43. The van der Waals surface area contributed by atoms with E-state index in [1.54, 1.807) is 7.05 Å². The highest BCUT2D eigenvalue weighted by Gasteiger charge is 2.45. The Balaban J connectivity index is 1.59. The van der Waals surface area contributed by atoms with Crippen molar-refractivity contribution < 1.29 is 9.53 Å². The third-order valence-electron chi connectivity index (χ3n) is 5.43. The molecule has 1 saturated carbocycles. The van der Waals surface area contributed by atoms with Gasteiger partial charge in [0.15, 0.2) is 0 Å². The van der Waals surface area contributed by atoms with E-state index in [4.69, 9.17) is 4.74 Å². The fourth-order valence-electron chi connectivity index (χ4n) is 4.25. The Morgan fingerprint density at radius 3 is 2.70 bits per heavy atom. The molecule has 0 bridgehead atoms. The lowest BCUT2D eigenvalue weighted by Gasteiger charge is -2.33. The van der Waals surface area contributed by atoms with Gasteiger partial charge in [0.1, 0.15) is 0 Å². The zero-order chi connectivity index (χ0) is 16.1. The van der Waals surface area contributed by atoms with Gasteiger partial charge in [-0.1, -0.05) is 49.6 Å². The van der Waals surface area contributed by atoms with Crippen LogP contribution < -0.4 is 5.32 Å². The van der Waals surface area contributed by atoms with E-state index in [-0.39, 0.29) is 12.1 Å². The maximum absolute atomic E-state index is 12.2. The number of nitrogens with zero attached hydrogens (tertiary/aromatic N) is 1. The molecular weight excluding hydrogens is 288 g/mol. The van der Waals surface area contributed by atoms with Crippen LogP contribution in [0, 0.1) is 5.41 Å². The van der Waals surface area contributed by atoms with E-state index < -0.39 is 0 Å². The van der Waals surface area contributed by atoms with Gasteiger partial charge in [-0.15, -0.1) is 0 Å². The van der Waals surface area contributed by atoms with Crippen LogP contribution in [-0.2, 0) is 11.3 Å². The molecule has 3 rings (SSSR count). The van der Waals surface area contributed by atoms with Crippen LogP contribution in [0.3, 0.4) is 0 Å². The largest absolute Gasteiger partial charge is 0.375 e. The highest BCUT2D eigenvalue weighted by atomic mass is 16.5. The normalized spacial score (nSPS) is 23.2. The van der Waals surface area contributed by atoms with E-state index in [0.717, 1.165) is 13.0 Å². The van der Waals surface area contributed by atoms with Gasteiger partial charge in [-0.3, -0.25) is 0 Å². The van der Waals surface area contributed by atoms with Crippen molar-refractivity contribution in [1.82, 2.24) is 10.2 Å². The second kappa shape index (κ2) is 7.35. The van der Waals surface area contributed by atoms with Gasteiger partial charge < -0.3 is 15.0 Å². The highest BCUT2D eigenvalue weighted by molar-refractivity contribution is 5.74. The van der Waals surface area contributed by atoms with Gasteiger partial charge in [-0.25, -0.2) is 4.79 Å². The molecule has 1 saturated heterocycles.